The van der Waals surface area contributed by atoms with Gasteiger partial charge in [0.2, 0.25) is 0 Å². The van der Waals surface area contributed by atoms with Crippen LogP contribution in [0.25, 0.3) is 10.2 Å². The first-order valence-corrected chi connectivity index (χ1v) is 6.70. The van der Waals surface area contributed by atoms with Crippen LogP contribution < -0.4 is 0 Å². The number of alkyl halides is 1. The molecule has 0 radical (unpaired) electrons. The highest BCUT2D eigenvalue weighted by molar-refractivity contribution is 7.17. The van der Waals surface area contributed by atoms with Crippen LogP contribution in [0, 0.1) is 5.26 Å². The van der Waals surface area contributed by atoms with Crippen molar-refractivity contribution in [1.82, 2.24) is 4.98 Å². The molecular weight excluding hydrogens is 245 g/mol. The lowest BCUT2D eigenvalue weighted by Gasteiger charge is -1.84. The SMILES string of the molecule is CCCCCCl.Fc1nc2ccccc2s1. The monoisotopic (exact) mass is 259 g/mol. The third kappa shape index (κ3) is 4.45. The highest BCUT2D eigenvalue weighted by Crippen LogP contribution is 2.19. The van der Waals surface area contributed by atoms with Gasteiger partial charge in [-0.25, -0.2) is 4.98 Å². The van der Waals surface area contributed by atoms with E-state index in [-0.39, 0.29) is 5.26 Å². The van der Waals surface area contributed by atoms with Gasteiger partial charge < -0.3 is 0 Å². The third-order valence-electron chi connectivity index (χ3n) is 2.00. The Balaban J connectivity index is 0.000000187. The maximum absolute atomic E-state index is 12.4. The molecule has 0 N–H and O–H groups in total. The zero-order valence-corrected chi connectivity index (χ0v) is 10.8. The molecule has 0 aliphatic rings. The molecule has 0 amide bonds. The summed E-state index contributed by atoms with van der Waals surface area (Å²) in [5.41, 5.74) is 0.741. The second-order valence-electron chi connectivity index (χ2n) is 3.33. The predicted molar refractivity (Wildman–Crippen MR) is 69.8 cm³/mol. The number of para-hydroxylation sites is 1. The fourth-order valence-electron chi connectivity index (χ4n) is 1.19. The Labute approximate surface area is 104 Å². The van der Waals surface area contributed by atoms with Gasteiger partial charge in [-0.3, -0.25) is 0 Å². The largest absolute Gasteiger partial charge is 0.270 e. The van der Waals surface area contributed by atoms with Crippen LogP contribution in [0.15, 0.2) is 24.3 Å². The summed E-state index contributed by atoms with van der Waals surface area (Å²) in [6, 6.07) is 7.38. The van der Waals surface area contributed by atoms with Crippen LogP contribution in [-0.4, -0.2) is 10.9 Å². The quantitative estimate of drug-likeness (QED) is 0.567. The van der Waals surface area contributed by atoms with Crippen molar-refractivity contribution >= 4 is 33.2 Å². The van der Waals surface area contributed by atoms with Crippen LogP contribution in [0.1, 0.15) is 26.2 Å². The Morgan fingerprint density at radius 2 is 2.06 bits per heavy atom. The molecule has 4 heteroatoms. The van der Waals surface area contributed by atoms with E-state index in [4.69, 9.17) is 11.6 Å². The Morgan fingerprint density at radius 1 is 1.31 bits per heavy atom. The lowest BCUT2D eigenvalue weighted by Crippen LogP contribution is -1.70. The third-order valence-corrected chi connectivity index (χ3v) is 3.10. The van der Waals surface area contributed by atoms with Gasteiger partial charge in [0.15, 0.2) is 0 Å². The fourth-order valence-corrected chi connectivity index (χ4v) is 2.07. The average molecular weight is 260 g/mol. The van der Waals surface area contributed by atoms with Gasteiger partial charge in [-0.15, -0.1) is 11.6 Å². The second-order valence-corrected chi connectivity index (χ2v) is 4.69. The van der Waals surface area contributed by atoms with Crippen molar-refractivity contribution < 1.29 is 4.39 Å². The molecule has 2 aromatic rings. The molecule has 88 valence electrons. The topological polar surface area (TPSA) is 12.9 Å². The van der Waals surface area contributed by atoms with Crippen molar-refractivity contribution in [2.75, 3.05) is 5.88 Å². The van der Waals surface area contributed by atoms with E-state index < -0.39 is 0 Å². The molecule has 0 spiro atoms. The highest BCUT2D eigenvalue weighted by atomic mass is 35.5. The lowest BCUT2D eigenvalue weighted by molar-refractivity contribution is 0.620. The van der Waals surface area contributed by atoms with E-state index in [1.54, 1.807) is 6.07 Å². The molecule has 2 rings (SSSR count). The molecule has 1 aromatic heterocycles. The molecule has 1 aromatic carbocycles. The van der Waals surface area contributed by atoms with Gasteiger partial charge in [-0.05, 0) is 18.6 Å². The van der Waals surface area contributed by atoms with E-state index in [1.165, 1.54) is 19.3 Å². The zero-order chi connectivity index (χ0) is 11.8. The van der Waals surface area contributed by atoms with E-state index in [9.17, 15) is 4.39 Å². The first kappa shape index (κ1) is 13.4. The summed E-state index contributed by atoms with van der Waals surface area (Å²) in [6.45, 7) is 2.17. The number of hydrogen-bond acceptors (Lipinski definition) is 2. The number of unbranched alkanes of at least 4 members (excludes halogenated alkanes) is 2. The van der Waals surface area contributed by atoms with Crippen molar-refractivity contribution in [2.45, 2.75) is 26.2 Å². The van der Waals surface area contributed by atoms with E-state index >= 15 is 0 Å². The highest BCUT2D eigenvalue weighted by Gasteiger charge is 1.98. The maximum Gasteiger partial charge on any atom is 0.270 e. The summed E-state index contributed by atoms with van der Waals surface area (Å²) in [5.74, 6) is 0.827. The average Bonchev–Trinajstić information content (AvgIpc) is 2.67. The molecule has 1 nitrogen and oxygen atoms in total. The van der Waals surface area contributed by atoms with E-state index in [0.717, 1.165) is 27.4 Å². The zero-order valence-electron chi connectivity index (χ0n) is 9.25. The summed E-state index contributed by atoms with van der Waals surface area (Å²) < 4.78 is 13.3. The summed E-state index contributed by atoms with van der Waals surface area (Å²) in [7, 11) is 0. The molecule has 16 heavy (non-hydrogen) atoms. The molecule has 0 fully saturated rings. The number of hydrogen-bond donors (Lipinski definition) is 0. The first-order valence-electron chi connectivity index (χ1n) is 5.35. The second kappa shape index (κ2) is 7.58. The first-order chi connectivity index (χ1) is 7.77. The standard InChI is InChI=1S/C7H4FNS.C5H11Cl/c8-7-9-5-3-1-2-4-6(5)10-7;1-2-3-4-5-6/h1-4H;2-5H2,1H3. The van der Waals surface area contributed by atoms with Crippen molar-refractivity contribution in [1.29, 1.82) is 0 Å². The number of thiazole rings is 1. The lowest BCUT2D eigenvalue weighted by atomic mass is 10.3. The number of fused-ring (bicyclic) bond motifs is 1. The smallest absolute Gasteiger partial charge is 0.209 e. The van der Waals surface area contributed by atoms with Crippen LogP contribution in [0.4, 0.5) is 4.39 Å². The maximum atomic E-state index is 12.4. The predicted octanol–water partition coefficient (Wildman–Crippen LogP) is 4.85. The van der Waals surface area contributed by atoms with Gasteiger partial charge in [-0.2, -0.15) is 4.39 Å². The summed E-state index contributed by atoms with van der Waals surface area (Å²) in [5, 5.41) is -0.360. The molecular formula is C12H15ClFNS. The fraction of sp³-hybridized carbons (Fsp3) is 0.417. The Kier molecular flexibility index (Phi) is 6.34. The van der Waals surface area contributed by atoms with Gasteiger partial charge in [0.1, 0.15) is 0 Å². The number of rotatable bonds is 3. The Bertz CT molecular complexity index is 379. The molecule has 0 bridgehead atoms. The molecule has 1 heterocycles. The van der Waals surface area contributed by atoms with Crippen LogP contribution in [-0.2, 0) is 0 Å². The molecule has 0 saturated heterocycles. The summed E-state index contributed by atoms with van der Waals surface area (Å²) >= 11 is 6.45. The van der Waals surface area contributed by atoms with E-state index in [1.807, 2.05) is 18.2 Å². The van der Waals surface area contributed by atoms with Crippen LogP contribution in [0.3, 0.4) is 0 Å². The van der Waals surface area contributed by atoms with Gasteiger partial charge in [-0.1, -0.05) is 43.2 Å². The minimum Gasteiger partial charge on any atom is -0.209 e. The summed E-state index contributed by atoms with van der Waals surface area (Å²) in [4.78, 5) is 3.66. The normalized spacial score (nSPS) is 9.94. The molecule has 0 unspecified atom stereocenters. The van der Waals surface area contributed by atoms with Gasteiger partial charge in [0.05, 0.1) is 10.2 Å². The number of nitrogens with zero attached hydrogens (tertiary/aromatic N) is 1. The van der Waals surface area contributed by atoms with E-state index in [0.29, 0.717) is 0 Å². The van der Waals surface area contributed by atoms with Crippen LogP contribution in [0.2, 0.25) is 0 Å². The van der Waals surface area contributed by atoms with Gasteiger partial charge in [0.25, 0.3) is 5.26 Å². The Morgan fingerprint density at radius 3 is 2.62 bits per heavy atom. The van der Waals surface area contributed by atoms with Crippen molar-refractivity contribution in [3.63, 3.8) is 0 Å². The van der Waals surface area contributed by atoms with Gasteiger partial charge in [0, 0.05) is 5.88 Å². The molecule has 0 aliphatic heterocycles. The number of benzene rings is 1. The van der Waals surface area contributed by atoms with E-state index in [2.05, 4.69) is 11.9 Å². The minimum atomic E-state index is -0.360. The molecule has 0 aliphatic carbocycles. The minimum absolute atomic E-state index is 0.360. The van der Waals surface area contributed by atoms with Crippen molar-refractivity contribution in [3.8, 4) is 0 Å². The number of aromatic nitrogens is 1. The van der Waals surface area contributed by atoms with Crippen molar-refractivity contribution in [2.24, 2.45) is 0 Å². The summed E-state index contributed by atoms with van der Waals surface area (Å²) in [6.07, 6.45) is 3.73. The Hall–Kier alpha value is -0.670. The van der Waals surface area contributed by atoms with Crippen molar-refractivity contribution in [3.05, 3.63) is 29.5 Å². The van der Waals surface area contributed by atoms with Crippen LogP contribution >= 0.6 is 22.9 Å². The molecule has 0 saturated carbocycles. The number of halogens is 2. The van der Waals surface area contributed by atoms with Crippen LogP contribution in [0.5, 0.6) is 0 Å². The van der Waals surface area contributed by atoms with Gasteiger partial charge >= 0.3 is 0 Å². The molecule has 0 atom stereocenters.